The molecule has 0 amide bonds. The predicted molar refractivity (Wildman–Crippen MR) is 283 cm³/mol. The summed E-state index contributed by atoms with van der Waals surface area (Å²) in [6.07, 6.45) is 0. The van der Waals surface area contributed by atoms with Crippen LogP contribution >= 0.6 is 0 Å². The second-order valence-electron chi connectivity index (χ2n) is 18.4. The smallest absolute Gasteiger partial charge is 0.143 e. The molecule has 1 aliphatic rings. The monoisotopic (exact) mass is 855 g/mol. The molecule has 12 aromatic rings. The van der Waals surface area contributed by atoms with Crippen molar-refractivity contribution >= 4 is 60.5 Å². The summed E-state index contributed by atoms with van der Waals surface area (Å²) in [5.74, 6) is 0. The molecule has 11 aromatic carbocycles. The van der Waals surface area contributed by atoms with Crippen molar-refractivity contribution in [1.82, 2.24) is 0 Å². The Morgan fingerprint density at radius 1 is 0.343 bits per heavy atom. The third-order valence-corrected chi connectivity index (χ3v) is 14.3. The van der Waals surface area contributed by atoms with Crippen LogP contribution in [0.15, 0.2) is 241 Å². The second kappa shape index (κ2) is 15.3. The van der Waals surface area contributed by atoms with Crippen molar-refractivity contribution in [2.24, 2.45) is 0 Å². The lowest BCUT2D eigenvalue weighted by Crippen LogP contribution is -2.16. The number of hydrogen-bond donors (Lipinski definition) is 0. The molecule has 0 saturated carbocycles. The molecule has 2 nitrogen and oxygen atoms in total. The first-order valence-electron chi connectivity index (χ1n) is 23.2. The fourth-order valence-electron chi connectivity index (χ4n) is 11.0. The molecule has 2 heteroatoms. The first-order valence-corrected chi connectivity index (χ1v) is 23.2. The van der Waals surface area contributed by atoms with Gasteiger partial charge in [-0.05, 0) is 126 Å². The minimum Gasteiger partial charge on any atom is -0.455 e. The van der Waals surface area contributed by atoms with Gasteiger partial charge in [0.1, 0.15) is 11.2 Å². The predicted octanol–water partition coefficient (Wildman–Crippen LogP) is 18.3. The van der Waals surface area contributed by atoms with E-state index in [4.69, 9.17) is 4.42 Å². The lowest BCUT2D eigenvalue weighted by molar-refractivity contribution is 0.662. The summed E-state index contributed by atoms with van der Waals surface area (Å²) in [4.78, 5) is 2.41. The highest BCUT2D eigenvalue weighted by Gasteiger charge is 2.37. The molecule has 0 saturated heterocycles. The lowest BCUT2D eigenvalue weighted by atomic mass is 9.79. The van der Waals surface area contributed by atoms with Crippen molar-refractivity contribution in [2.45, 2.75) is 19.3 Å². The molecule has 1 aromatic heterocycles. The minimum atomic E-state index is -0.112. The molecule has 1 aliphatic carbocycles. The highest BCUT2D eigenvalue weighted by atomic mass is 16.3. The van der Waals surface area contributed by atoms with Crippen molar-refractivity contribution in [3.8, 4) is 55.6 Å². The Morgan fingerprint density at radius 3 is 1.64 bits per heavy atom. The van der Waals surface area contributed by atoms with Crippen molar-refractivity contribution < 1.29 is 4.42 Å². The quantitative estimate of drug-likeness (QED) is 0.159. The van der Waals surface area contributed by atoms with Gasteiger partial charge in [-0.3, -0.25) is 0 Å². The molecule has 0 spiro atoms. The fourth-order valence-corrected chi connectivity index (χ4v) is 11.0. The van der Waals surface area contributed by atoms with Gasteiger partial charge in [-0.1, -0.05) is 202 Å². The summed E-state index contributed by atoms with van der Waals surface area (Å²) in [5, 5.41) is 7.06. The van der Waals surface area contributed by atoms with Gasteiger partial charge in [0.05, 0.1) is 5.69 Å². The topological polar surface area (TPSA) is 16.4 Å². The van der Waals surface area contributed by atoms with E-state index >= 15 is 0 Å². The Bertz CT molecular complexity index is 3870. The van der Waals surface area contributed by atoms with Crippen molar-refractivity contribution in [2.75, 3.05) is 4.90 Å². The van der Waals surface area contributed by atoms with Crippen LogP contribution in [0, 0.1) is 0 Å². The zero-order valence-electron chi connectivity index (χ0n) is 37.4. The molecule has 316 valence electrons. The third kappa shape index (κ3) is 6.32. The van der Waals surface area contributed by atoms with Gasteiger partial charge in [0.15, 0.2) is 0 Å². The van der Waals surface area contributed by atoms with E-state index in [1.807, 2.05) is 0 Å². The number of fused-ring (bicyclic) bond motifs is 9. The van der Waals surface area contributed by atoms with Gasteiger partial charge in [-0.25, -0.2) is 0 Å². The number of hydrogen-bond acceptors (Lipinski definition) is 2. The maximum Gasteiger partial charge on any atom is 0.143 e. The summed E-state index contributed by atoms with van der Waals surface area (Å²) in [7, 11) is 0. The number of para-hydroxylation sites is 1. The van der Waals surface area contributed by atoms with Gasteiger partial charge in [-0.2, -0.15) is 0 Å². The largest absolute Gasteiger partial charge is 0.455 e. The zero-order chi connectivity index (χ0) is 44.6. The first-order chi connectivity index (χ1) is 33.0. The number of anilines is 3. The molecule has 13 rings (SSSR count). The molecule has 1 heterocycles. The summed E-state index contributed by atoms with van der Waals surface area (Å²) in [6.45, 7) is 4.73. The van der Waals surface area contributed by atoms with Gasteiger partial charge in [-0.15, -0.1) is 0 Å². The van der Waals surface area contributed by atoms with E-state index in [1.54, 1.807) is 0 Å². The Hall–Kier alpha value is -8.46. The Labute approximate surface area is 390 Å². The first kappa shape index (κ1) is 39.0. The SMILES string of the molecule is CC1(C)c2ccccc2-c2cccc(-c3ccc(N(c4ccc(-c5ccc(-c6cccc7ccccc67)cc5)cc4)c4ccccc4-c4ccc5oc6c7ccccc7ccc6c5c4)cc3)c21. The molecule has 0 aliphatic heterocycles. The van der Waals surface area contributed by atoms with Crippen LogP contribution in [0.3, 0.4) is 0 Å². The molecular formula is C65H45NO. The Balaban J connectivity index is 0.915. The summed E-state index contributed by atoms with van der Waals surface area (Å²) in [5.41, 5.74) is 20.0. The van der Waals surface area contributed by atoms with E-state index in [2.05, 4.69) is 255 Å². The number of nitrogens with zero attached hydrogens (tertiary/aromatic N) is 1. The van der Waals surface area contributed by atoms with Crippen LogP contribution in [0.1, 0.15) is 25.0 Å². The summed E-state index contributed by atoms with van der Waals surface area (Å²) < 4.78 is 6.56. The molecule has 0 radical (unpaired) electrons. The second-order valence-corrected chi connectivity index (χ2v) is 18.4. The Morgan fingerprint density at radius 2 is 0.866 bits per heavy atom. The molecular weight excluding hydrogens is 811 g/mol. The van der Waals surface area contributed by atoms with Gasteiger partial charge in [0.2, 0.25) is 0 Å². The molecule has 0 N–H and O–H groups in total. The maximum atomic E-state index is 6.56. The fraction of sp³-hybridized carbons (Fsp3) is 0.0462. The number of rotatable bonds is 7. The Kier molecular flexibility index (Phi) is 8.91. The zero-order valence-corrected chi connectivity index (χ0v) is 37.4. The van der Waals surface area contributed by atoms with E-state index in [9.17, 15) is 0 Å². The lowest BCUT2D eigenvalue weighted by Gasteiger charge is -2.28. The van der Waals surface area contributed by atoms with Crippen LogP contribution in [-0.2, 0) is 5.41 Å². The average Bonchev–Trinajstić information content (AvgIpc) is 3.88. The molecule has 0 fully saturated rings. The van der Waals surface area contributed by atoms with Crippen molar-refractivity contribution in [3.63, 3.8) is 0 Å². The average molecular weight is 856 g/mol. The van der Waals surface area contributed by atoms with Gasteiger partial charge in [0.25, 0.3) is 0 Å². The molecule has 0 bridgehead atoms. The normalized spacial score (nSPS) is 12.7. The van der Waals surface area contributed by atoms with Crippen molar-refractivity contribution in [3.05, 3.63) is 248 Å². The van der Waals surface area contributed by atoms with Gasteiger partial charge >= 0.3 is 0 Å². The van der Waals surface area contributed by atoms with E-state index in [0.29, 0.717) is 0 Å². The molecule has 0 unspecified atom stereocenters. The maximum absolute atomic E-state index is 6.56. The van der Waals surface area contributed by atoms with E-state index in [1.165, 1.54) is 71.8 Å². The van der Waals surface area contributed by atoms with E-state index in [-0.39, 0.29) is 5.41 Å². The van der Waals surface area contributed by atoms with Gasteiger partial charge < -0.3 is 9.32 Å². The standard InChI is InChI=1S/C65H45NO/c1-65(2)60-23-9-7-19-56(60)57-22-12-21-54(63(57)65)47-31-37-50(38-32-47)66(49-35-29-43(30-36-49)42-25-27-46(28-26-42)52-20-11-15-44-13-3-5-16-51(44)52)61-24-10-8-17-53(61)48-34-40-62-59(41-48)58-39-33-45-14-4-6-18-55(45)64(58)67-62/h3-41H,1-2H3. The van der Waals surface area contributed by atoms with Crippen molar-refractivity contribution in [1.29, 1.82) is 0 Å². The minimum absolute atomic E-state index is 0.112. The third-order valence-electron chi connectivity index (χ3n) is 14.3. The van der Waals surface area contributed by atoms with Crippen LogP contribution in [0.5, 0.6) is 0 Å². The van der Waals surface area contributed by atoms with E-state index < -0.39 is 0 Å². The van der Waals surface area contributed by atoms with Crippen LogP contribution in [0.2, 0.25) is 0 Å². The summed E-state index contributed by atoms with van der Waals surface area (Å²) in [6, 6.07) is 86.3. The van der Waals surface area contributed by atoms with Crippen LogP contribution < -0.4 is 4.90 Å². The number of benzene rings is 11. The highest BCUT2D eigenvalue weighted by Crippen LogP contribution is 2.52. The van der Waals surface area contributed by atoms with Crippen LogP contribution in [0.4, 0.5) is 17.1 Å². The van der Waals surface area contributed by atoms with Gasteiger partial charge in [0, 0.05) is 38.5 Å². The molecule has 67 heavy (non-hydrogen) atoms. The highest BCUT2D eigenvalue weighted by molar-refractivity contribution is 6.15. The number of furan rings is 1. The summed E-state index contributed by atoms with van der Waals surface area (Å²) >= 11 is 0. The van der Waals surface area contributed by atoms with Crippen LogP contribution in [-0.4, -0.2) is 0 Å². The van der Waals surface area contributed by atoms with Crippen LogP contribution in [0.25, 0.3) is 99.1 Å². The molecule has 0 atom stereocenters. The van der Waals surface area contributed by atoms with E-state index in [0.717, 1.165) is 55.5 Å².